The van der Waals surface area contributed by atoms with Crippen LogP contribution in [0.5, 0.6) is 11.5 Å². The number of methoxy groups -OCH3 is 2. The Bertz CT molecular complexity index is 778. The van der Waals surface area contributed by atoms with E-state index in [9.17, 15) is 14.0 Å². The molecule has 2 amide bonds. The normalized spacial score (nSPS) is 10.2. The number of benzene rings is 2. The fourth-order valence-electron chi connectivity index (χ4n) is 2.43. The maximum atomic E-state index is 12.8. The molecule has 0 aliphatic heterocycles. The molecule has 0 saturated heterocycles. The van der Waals surface area contributed by atoms with Gasteiger partial charge in [-0.2, -0.15) is 0 Å². The van der Waals surface area contributed by atoms with Crippen LogP contribution in [0.15, 0.2) is 42.5 Å². The van der Waals surface area contributed by atoms with Gasteiger partial charge in [0.1, 0.15) is 5.82 Å². The molecular weight excluding hydrogens is 351 g/mol. The van der Waals surface area contributed by atoms with Crippen LogP contribution in [-0.2, 0) is 22.6 Å². The van der Waals surface area contributed by atoms with Crippen molar-refractivity contribution in [3.8, 4) is 11.5 Å². The number of rotatable bonds is 9. The van der Waals surface area contributed by atoms with Gasteiger partial charge in [0.25, 0.3) is 0 Å². The molecule has 0 spiro atoms. The van der Waals surface area contributed by atoms with Crippen molar-refractivity contribution in [2.75, 3.05) is 20.8 Å². The third-order valence-corrected chi connectivity index (χ3v) is 3.94. The van der Waals surface area contributed by atoms with E-state index in [0.29, 0.717) is 17.9 Å². The quantitative estimate of drug-likeness (QED) is 0.706. The van der Waals surface area contributed by atoms with E-state index in [1.807, 2.05) is 12.1 Å². The third-order valence-electron chi connectivity index (χ3n) is 3.94. The van der Waals surface area contributed by atoms with Crippen molar-refractivity contribution in [2.45, 2.75) is 19.4 Å². The molecule has 2 N–H and O–H groups in total. The van der Waals surface area contributed by atoms with Crippen LogP contribution in [0.25, 0.3) is 0 Å². The van der Waals surface area contributed by atoms with Gasteiger partial charge in [0.2, 0.25) is 11.8 Å². The Morgan fingerprint density at radius 1 is 0.889 bits per heavy atom. The molecule has 0 aromatic heterocycles. The second kappa shape index (κ2) is 10.2. The first-order valence-corrected chi connectivity index (χ1v) is 8.50. The molecule has 144 valence electrons. The van der Waals surface area contributed by atoms with Gasteiger partial charge in [-0.25, -0.2) is 4.39 Å². The highest BCUT2D eigenvalue weighted by molar-refractivity contribution is 5.84. The molecule has 6 nitrogen and oxygen atoms in total. The van der Waals surface area contributed by atoms with Crippen molar-refractivity contribution < 1.29 is 23.5 Å². The van der Waals surface area contributed by atoms with E-state index < -0.39 is 0 Å². The third kappa shape index (κ3) is 6.62. The van der Waals surface area contributed by atoms with Gasteiger partial charge in [-0.15, -0.1) is 0 Å². The number of amides is 2. The maximum Gasteiger partial charge on any atom is 0.239 e. The van der Waals surface area contributed by atoms with E-state index >= 15 is 0 Å². The summed E-state index contributed by atoms with van der Waals surface area (Å²) in [6, 6.07) is 11.3. The zero-order valence-corrected chi connectivity index (χ0v) is 15.4. The lowest BCUT2D eigenvalue weighted by Crippen LogP contribution is -2.36. The van der Waals surface area contributed by atoms with E-state index in [0.717, 1.165) is 11.1 Å². The highest BCUT2D eigenvalue weighted by atomic mass is 19.1. The topological polar surface area (TPSA) is 76.7 Å². The molecule has 2 rings (SSSR count). The highest BCUT2D eigenvalue weighted by Gasteiger charge is 2.08. The summed E-state index contributed by atoms with van der Waals surface area (Å²) in [5.41, 5.74) is 1.72. The molecule has 0 bridgehead atoms. The lowest BCUT2D eigenvalue weighted by molar-refractivity contribution is -0.126. The van der Waals surface area contributed by atoms with Crippen LogP contribution in [0, 0.1) is 5.82 Å². The fourth-order valence-corrected chi connectivity index (χ4v) is 2.43. The molecule has 27 heavy (non-hydrogen) atoms. The number of carbonyl (C=O) groups is 2. The van der Waals surface area contributed by atoms with E-state index in [4.69, 9.17) is 9.47 Å². The summed E-state index contributed by atoms with van der Waals surface area (Å²) in [4.78, 5) is 23.7. The van der Waals surface area contributed by atoms with Crippen molar-refractivity contribution in [3.05, 3.63) is 59.4 Å². The number of aryl methyl sites for hydroxylation is 1. The molecule has 7 heteroatoms. The van der Waals surface area contributed by atoms with E-state index in [1.165, 1.54) is 12.1 Å². The molecular formula is C20H23FN2O4. The minimum atomic E-state index is -0.327. The first-order chi connectivity index (χ1) is 13.0. The Kier molecular flexibility index (Phi) is 7.61. The van der Waals surface area contributed by atoms with Gasteiger partial charge in [0.15, 0.2) is 11.5 Å². The standard InChI is InChI=1S/C20H23FN2O4/c1-26-17-9-5-14(11-18(17)27-2)6-10-19(24)23-13-20(25)22-12-15-3-7-16(21)8-4-15/h3-5,7-9,11H,6,10,12-13H2,1-2H3,(H,22,25)(H,23,24). The SMILES string of the molecule is COc1ccc(CCC(=O)NCC(=O)NCc2ccc(F)cc2)cc1OC. The summed E-state index contributed by atoms with van der Waals surface area (Å²) >= 11 is 0. The smallest absolute Gasteiger partial charge is 0.239 e. The van der Waals surface area contributed by atoms with Crippen molar-refractivity contribution in [1.82, 2.24) is 10.6 Å². The summed E-state index contributed by atoms with van der Waals surface area (Å²) in [7, 11) is 3.12. The largest absolute Gasteiger partial charge is 0.493 e. The predicted octanol–water partition coefficient (Wildman–Crippen LogP) is 2.21. The van der Waals surface area contributed by atoms with Crippen LogP contribution in [0.3, 0.4) is 0 Å². The second-order valence-corrected chi connectivity index (χ2v) is 5.87. The maximum absolute atomic E-state index is 12.8. The van der Waals surface area contributed by atoms with Crippen LogP contribution in [0.2, 0.25) is 0 Å². The fraction of sp³-hybridized carbons (Fsp3) is 0.300. The van der Waals surface area contributed by atoms with Crippen LogP contribution >= 0.6 is 0 Å². The Morgan fingerprint density at radius 3 is 2.22 bits per heavy atom. The zero-order valence-electron chi connectivity index (χ0n) is 15.4. The van der Waals surface area contributed by atoms with Gasteiger partial charge < -0.3 is 20.1 Å². The summed E-state index contributed by atoms with van der Waals surface area (Å²) in [5.74, 6) is 0.381. The van der Waals surface area contributed by atoms with Gasteiger partial charge in [-0.3, -0.25) is 9.59 Å². The molecule has 0 atom stereocenters. The number of carbonyl (C=O) groups excluding carboxylic acids is 2. The van der Waals surface area contributed by atoms with Gasteiger partial charge in [0.05, 0.1) is 20.8 Å². The van der Waals surface area contributed by atoms with Crippen molar-refractivity contribution in [3.63, 3.8) is 0 Å². The molecule has 0 heterocycles. The van der Waals surface area contributed by atoms with Gasteiger partial charge in [0, 0.05) is 13.0 Å². The summed E-state index contributed by atoms with van der Waals surface area (Å²) in [6.07, 6.45) is 0.768. The number of hydrogen-bond donors (Lipinski definition) is 2. The predicted molar refractivity (Wildman–Crippen MR) is 99.1 cm³/mol. The molecule has 0 aliphatic rings. The summed E-state index contributed by atoms with van der Waals surface area (Å²) in [5, 5.41) is 5.25. The van der Waals surface area contributed by atoms with Gasteiger partial charge in [-0.05, 0) is 41.8 Å². The number of halogens is 1. The van der Waals surface area contributed by atoms with Crippen LogP contribution < -0.4 is 20.1 Å². The van der Waals surface area contributed by atoms with E-state index in [2.05, 4.69) is 10.6 Å². The van der Waals surface area contributed by atoms with Crippen LogP contribution in [-0.4, -0.2) is 32.6 Å². The molecule has 2 aromatic carbocycles. The van der Waals surface area contributed by atoms with Gasteiger partial charge in [-0.1, -0.05) is 18.2 Å². The van der Waals surface area contributed by atoms with E-state index in [-0.39, 0.29) is 37.1 Å². The minimum absolute atomic E-state index is 0.105. The molecule has 2 aromatic rings. The Balaban J connectivity index is 1.71. The lowest BCUT2D eigenvalue weighted by atomic mass is 10.1. The van der Waals surface area contributed by atoms with Crippen LogP contribution in [0.4, 0.5) is 4.39 Å². The average molecular weight is 374 g/mol. The lowest BCUT2D eigenvalue weighted by Gasteiger charge is -2.10. The Hall–Kier alpha value is -3.09. The molecule has 0 saturated carbocycles. The highest BCUT2D eigenvalue weighted by Crippen LogP contribution is 2.27. The number of hydrogen-bond acceptors (Lipinski definition) is 4. The first-order valence-electron chi connectivity index (χ1n) is 8.50. The van der Waals surface area contributed by atoms with Crippen molar-refractivity contribution >= 4 is 11.8 Å². The minimum Gasteiger partial charge on any atom is -0.493 e. The Morgan fingerprint density at radius 2 is 1.56 bits per heavy atom. The molecule has 0 fully saturated rings. The molecule has 0 aliphatic carbocycles. The number of ether oxygens (including phenoxy) is 2. The van der Waals surface area contributed by atoms with Crippen LogP contribution in [0.1, 0.15) is 17.5 Å². The van der Waals surface area contributed by atoms with Crippen molar-refractivity contribution in [2.24, 2.45) is 0 Å². The average Bonchev–Trinajstić information content (AvgIpc) is 2.69. The summed E-state index contributed by atoms with van der Waals surface area (Å²) in [6.45, 7) is 0.173. The zero-order chi connectivity index (χ0) is 19.6. The van der Waals surface area contributed by atoms with Gasteiger partial charge >= 0.3 is 0 Å². The first kappa shape index (κ1) is 20.2. The van der Waals surface area contributed by atoms with Crippen molar-refractivity contribution in [1.29, 1.82) is 0 Å². The summed E-state index contributed by atoms with van der Waals surface area (Å²) < 4.78 is 23.2. The molecule has 0 radical (unpaired) electrons. The number of nitrogens with one attached hydrogen (secondary N) is 2. The van der Waals surface area contributed by atoms with E-state index in [1.54, 1.807) is 32.4 Å². The monoisotopic (exact) mass is 374 g/mol. The molecule has 0 unspecified atom stereocenters. The second-order valence-electron chi connectivity index (χ2n) is 5.87. The Labute approximate surface area is 157 Å².